The number of hydrogen-bond donors (Lipinski definition) is 1. The molecule has 29 heavy (non-hydrogen) atoms. The molecule has 0 saturated carbocycles. The van der Waals surface area contributed by atoms with Gasteiger partial charge in [0, 0.05) is 48.8 Å². The molecule has 2 aromatic carbocycles. The molecule has 1 aliphatic heterocycles. The van der Waals surface area contributed by atoms with Crippen LogP contribution in [0.25, 0.3) is 11.3 Å². The number of aryl methyl sites for hydroxylation is 1. The molecule has 0 fully saturated rings. The van der Waals surface area contributed by atoms with E-state index in [9.17, 15) is 5.11 Å². The molecule has 0 aliphatic carbocycles. The molecule has 0 amide bonds. The maximum Gasteiger partial charge on any atom is 0.131 e. The number of phenols is 1. The van der Waals surface area contributed by atoms with E-state index >= 15 is 0 Å². The molecule has 4 rings (SSSR count). The zero-order valence-corrected chi connectivity index (χ0v) is 17.5. The fraction of sp³-hybridized carbons (Fsp3) is 0.360. The summed E-state index contributed by atoms with van der Waals surface area (Å²) in [6.07, 6.45) is 1.88. The van der Waals surface area contributed by atoms with Crippen LogP contribution in [0, 0.1) is 6.92 Å². The Morgan fingerprint density at radius 2 is 1.62 bits per heavy atom. The topological polar surface area (TPSA) is 49.2 Å². The lowest BCUT2D eigenvalue weighted by Crippen LogP contribution is -2.25. The van der Waals surface area contributed by atoms with Crippen molar-refractivity contribution in [2.24, 2.45) is 0 Å². The zero-order valence-electron chi connectivity index (χ0n) is 17.5. The van der Waals surface area contributed by atoms with Crippen molar-refractivity contribution < 1.29 is 5.11 Å². The van der Waals surface area contributed by atoms with E-state index in [-0.39, 0.29) is 11.7 Å². The lowest BCUT2D eigenvalue weighted by molar-refractivity contribution is 0.279. The third-order valence-corrected chi connectivity index (χ3v) is 5.64. The van der Waals surface area contributed by atoms with E-state index in [2.05, 4.69) is 49.9 Å². The number of aromatic hydroxyl groups is 1. The van der Waals surface area contributed by atoms with Crippen molar-refractivity contribution in [1.82, 2.24) is 14.9 Å². The van der Waals surface area contributed by atoms with Gasteiger partial charge in [-0.1, -0.05) is 43.7 Å². The lowest BCUT2D eigenvalue weighted by Gasteiger charge is -2.19. The summed E-state index contributed by atoms with van der Waals surface area (Å²) >= 11 is 0. The van der Waals surface area contributed by atoms with Crippen molar-refractivity contribution in [3.05, 3.63) is 76.7 Å². The third-order valence-electron chi connectivity index (χ3n) is 5.64. The summed E-state index contributed by atoms with van der Waals surface area (Å²) in [5.74, 6) is 1.46. The minimum absolute atomic E-state index is 0.280. The Kier molecular flexibility index (Phi) is 5.63. The number of hydrogen-bond acceptors (Lipinski definition) is 4. The van der Waals surface area contributed by atoms with Crippen molar-refractivity contribution in [3.8, 4) is 17.0 Å². The van der Waals surface area contributed by atoms with Gasteiger partial charge in [0.05, 0.1) is 5.69 Å². The van der Waals surface area contributed by atoms with Gasteiger partial charge in [-0.3, -0.25) is 4.90 Å². The minimum atomic E-state index is 0.280. The first kappa shape index (κ1) is 19.6. The molecule has 1 N–H and O–H groups in total. The maximum atomic E-state index is 9.68. The molecule has 0 bridgehead atoms. The van der Waals surface area contributed by atoms with Crippen molar-refractivity contribution >= 4 is 0 Å². The molecule has 0 spiro atoms. The Labute approximate surface area is 173 Å². The molecular formula is C25H29N3O. The highest BCUT2D eigenvalue weighted by Crippen LogP contribution is 2.29. The summed E-state index contributed by atoms with van der Waals surface area (Å²) in [4.78, 5) is 12.4. The maximum absolute atomic E-state index is 9.68. The third kappa shape index (κ3) is 4.48. The van der Waals surface area contributed by atoms with Gasteiger partial charge in [-0.15, -0.1) is 0 Å². The average molecular weight is 388 g/mol. The molecule has 4 heteroatoms. The monoisotopic (exact) mass is 387 g/mol. The number of fused-ring (bicyclic) bond motifs is 1. The summed E-state index contributed by atoms with van der Waals surface area (Å²) in [5, 5.41) is 9.68. The van der Waals surface area contributed by atoms with Crippen molar-refractivity contribution in [2.45, 2.75) is 46.1 Å². The normalized spacial score (nSPS) is 14.6. The van der Waals surface area contributed by atoms with Crippen molar-refractivity contribution in [2.75, 3.05) is 13.1 Å². The first-order valence-electron chi connectivity index (χ1n) is 10.5. The molecule has 1 aromatic heterocycles. The Balaban J connectivity index is 1.64. The molecule has 0 radical (unpaired) electrons. The van der Waals surface area contributed by atoms with Crippen LogP contribution in [0.1, 0.15) is 48.0 Å². The summed E-state index contributed by atoms with van der Waals surface area (Å²) in [7, 11) is 0. The highest BCUT2D eigenvalue weighted by atomic mass is 16.3. The molecule has 0 unspecified atom stereocenters. The number of phenolic OH excluding ortho intramolecular Hbond substituents is 1. The van der Waals surface area contributed by atoms with E-state index in [1.807, 2.05) is 12.1 Å². The molecular weight excluding hydrogens is 358 g/mol. The Hall–Kier alpha value is -2.72. The number of benzene rings is 2. The van der Waals surface area contributed by atoms with Gasteiger partial charge >= 0.3 is 0 Å². The second-order valence-corrected chi connectivity index (χ2v) is 8.32. The number of aromatic nitrogens is 2. The smallest absolute Gasteiger partial charge is 0.131 e. The van der Waals surface area contributed by atoms with Crippen molar-refractivity contribution in [3.63, 3.8) is 0 Å². The van der Waals surface area contributed by atoms with E-state index < -0.39 is 0 Å². The molecule has 0 saturated heterocycles. The van der Waals surface area contributed by atoms with Crippen LogP contribution in [-0.4, -0.2) is 33.1 Å². The summed E-state index contributed by atoms with van der Waals surface area (Å²) < 4.78 is 0. The average Bonchev–Trinajstić information content (AvgIpc) is 2.92. The largest absolute Gasteiger partial charge is 0.508 e. The number of nitrogens with zero attached hydrogens (tertiary/aromatic N) is 3. The van der Waals surface area contributed by atoms with Gasteiger partial charge in [0.1, 0.15) is 11.6 Å². The van der Waals surface area contributed by atoms with Gasteiger partial charge in [0.25, 0.3) is 0 Å². The first-order valence-corrected chi connectivity index (χ1v) is 10.5. The predicted molar refractivity (Wildman–Crippen MR) is 117 cm³/mol. The molecule has 1 aliphatic rings. The number of rotatable bonds is 4. The van der Waals surface area contributed by atoms with Crippen LogP contribution in [-0.2, 0) is 19.4 Å². The zero-order chi connectivity index (χ0) is 20.4. The van der Waals surface area contributed by atoms with Crippen LogP contribution in [0.15, 0.2) is 48.5 Å². The molecule has 150 valence electrons. The second-order valence-electron chi connectivity index (χ2n) is 8.32. The summed E-state index contributed by atoms with van der Waals surface area (Å²) in [6, 6.07) is 16.2. The fourth-order valence-electron chi connectivity index (χ4n) is 3.89. The second kappa shape index (κ2) is 8.34. The molecule has 4 nitrogen and oxygen atoms in total. The van der Waals surface area contributed by atoms with Gasteiger partial charge in [0.2, 0.25) is 0 Å². The van der Waals surface area contributed by atoms with Crippen LogP contribution in [0.5, 0.6) is 5.75 Å². The van der Waals surface area contributed by atoms with Crippen LogP contribution in [0.4, 0.5) is 0 Å². The first-order chi connectivity index (χ1) is 14.0. The Morgan fingerprint density at radius 1 is 0.931 bits per heavy atom. The SMILES string of the molecule is Cc1ccc(CN2CCc3nc(C(C)C)nc(-c4ccc(O)cc4)c3CC2)cc1. The van der Waals surface area contributed by atoms with Crippen LogP contribution in [0.3, 0.4) is 0 Å². The lowest BCUT2D eigenvalue weighted by atomic mass is 10.00. The van der Waals surface area contributed by atoms with Crippen LogP contribution in [0.2, 0.25) is 0 Å². The molecule has 0 atom stereocenters. The summed E-state index contributed by atoms with van der Waals surface area (Å²) in [6.45, 7) is 9.38. The highest BCUT2D eigenvalue weighted by Gasteiger charge is 2.22. The molecule has 3 aromatic rings. The van der Waals surface area contributed by atoms with E-state index in [0.717, 1.165) is 49.6 Å². The van der Waals surface area contributed by atoms with E-state index in [4.69, 9.17) is 9.97 Å². The van der Waals surface area contributed by atoms with Gasteiger partial charge in [-0.2, -0.15) is 0 Å². The van der Waals surface area contributed by atoms with Gasteiger partial charge < -0.3 is 5.11 Å². The predicted octanol–water partition coefficient (Wildman–Crippen LogP) is 4.88. The van der Waals surface area contributed by atoms with E-state index in [0.29, 0.717) is 0 Å². The standard InChI is InChI=1S/C25H29N3O/c1-17(2)25-26-23-13-15-28(16-19-6-4-18(3)5-7-19)14-12-22(23)24(27-25)20-8-10-21(29)11-9-20/h4-11,17,29H,12-16H2,1-3H3. The van der Waals surface area contributed by atoms with E-state index in [1.54, 1.807) is 12.1 Å². The summed E-state index contributed by atoms with van der Waals surface area (Å²) in [5.41, 5.74) is 7.16. The van der Waals surface area contributed by atoms with Gasteiger partial charge in [0.15, 0.2) is 0 Å². The highest BCUT2D eigenvalue weighted by molar-refractivity contribution is 5.65. The Bertz CT molecular complexity index is 978. The minimum Gasteiger partial charge on any atom is -0.508 e. The quantitative estimate of drug-likeness (QED) is 0.693. The molecule has 2 heterocycles. The fourth-order valence-corrected chi connectivity index (χ4v) is 3.89. The van der Waals surface area contributed by atoms with Gasteiger partial charge in [-0.25, -0.2) is 9.97 Å². The van der Waals surface area contributed by atoms with E-state index in [1.165, 1.54) is 22.4 Å². The van der Waals surface area contributed by atoms with Crippen LogP contribution < -0.4 is 0 Å². The van der Waals surface area contributed by atoms with Crippen LogP contribution >= 0.6 is 0 Å². The van der Waals surface area contributed by atoms with Gasteiger partial charge in [-0.05, 0) is 43.2 Å². The van der Waals surface area contributed by atoms with Crippen molar-refractivity contribution in [1.29, 1.82) is 0 Å². The Morgan fingerprint density at radius 3 is 2.31 bits per heavy atom.